The average Bonchev–Trinajstić information content (AvgIpc) is 3.09. The molecule has 2 amide bonds. The second kappa shape index (κ2) is 6.52. The van der Waals surface area contributed by atoms with E-state index >= 15 is 0 Å². The Morgan fingerprint density at radius 1 is 1.03 bits per heavy atom. The molecule has 4 aliphatic heterocycles. The third kappa shape index (κ3) is 2.15. The van der Waals surface area contributed by atoms with Crippen molar-refractivity contribution in [2.24, 2.45) is 5.92 Å². The first-order valence-electron chi connectivity index (χ1n) is 10.8. The number of piperidine rings is 1. The van der Waals surface area contributed by atoms with E-state index in [4.69, 9.17) is 9.47 Å². The van der Waals surface area contributed by atoms with Gasteiger partial charge in [0.15, 0.2) is 5.66 Å². The van der Waals surface area contributed by atoms with Gasteiger partial charge in [-0.05, 0) is 24.1 Å². The summed E-state index contributed by atoms with van der Waals surface area (Å²) in [7, 11) is 2.78. The number of aliphatic hydroxyl groups excluding tert-OH is 1. The molecule has 5 aliphatic rings. The molecule has 0 saturated carbocycles. The zero-order chi connectivity index (χ0) is 23.1. The predicted molar refractivity (Wildman–Crippen MR) is 116 cm³/mol. The molecule has 2 aromatic rings. The summed E-state index contributed by atoms with van der Waals surface area (Å²) in [4.78, 5) is 43.3. The van der Waals surface area contributed by atoms with E-state index in [1.807, 2.05) is 30.3 Å². The van der Waals surface area contributed by atoms with Gasteiger partial charge in [-0.15, -0.1) is 0 Å². The molecule has 1 aliphatic carbocycles. The van der Waals surface area contributed by atoms with Crippen molar-refractivity contribution in [1.82, 2.24) is 4.90 Å². The fourth-order valence-corrected chi connectivity index (χ4v) is 6.45. The highest BCUT2D eigenvalue weighted by molar-refractivity contribution is 6.44. The Balaban J connectivity index is 1.74. The lowest BCUT2D eigenvalue weighted by Crippen LogP contribution is -2.75. The van der Waals surface area contributed by atoms with Crippen LogP contribution in [0.1, 0.15) is 29.7 Å². The van der Waals surface area contributed by atoms with Crippen LogP contribution in [0.4, 0.5) is 5.69 Å². The molecule has 0 aromatic heterocycles. The van der Waals surface area contributed by atoms with Crippen molar-refractivity contribution < 1.29 is 29.0 Å². The van der Waals surface area contributed by atoms with E-state index in [1.54, 1.807) is 30.3 Å². The van der Waals surface area contributed by atoms with Crippen molar-refractivity contribution in [3.05, 3.63) is 77.4 Å². The number of amides is 2. The average molecular weight is 446 g/mol. The van der Waals surface area contributed by atoms with Gasteiger partial charge in [-0.3, -0.25) is 19.4 Å². The molecule has 2 saturated heterocycles. The number of methoxy groups -OCH3 is 2. The first kappa shape index (κ1) is 20.1. The van der Waals surface area contributed by atoms with Gasteiger partial charge in [0.2, 0.25) is 0 Å². The topological polar surface area (TPSA) is 96.4 Å². The zero-order valence-corrected chi connectivity index (χ0v) is 18.1. The number of hydrogen-bond acceptors (Lipinski definition) is 6. The van der Waals surface area contributed by atoms with Crippen LogP contribution >= 0.6 is 0 Å². The van der Waals surface area contributed by atoms with Crippen LogP contribution in [0.25, 0.3) is 0 Å². The molecule has 7 rings (SSSR count). The number of hydrogen-bond donors (Lipinski definition) is 1. The highest BCUT2D eigenvalue weighted by Crippen LogP contribution is 2.67. The molecule has 8 nitrogen and oxygen atoms in total. The van der Waals surface area contributed by atoms with Crippen LogP contribution in [0.15, 0.2) is 66.2 Å². The summed E-state index contributed by atoms with van der Waals surface area (Å²) >= 11 is 0. The second-order valence-electron chi connectivity index (χ2n) is 8.88. The number of rotatable bonds is 3. The summed E-state index contributed by atoms with van der Waals surface area (Å²) < 4.78 is 11.2. The minimum absolute atomic E-state index is 0.128. The summed E-state index contributed by atoms with van der Waals surface area (Å²) in [6.45, 7) is 0. The fourth-order valence-electron chi connectivity index (χ4n) is 6.45. The Morgan fingerprint density at radius 2 is 1.73 bits per heavy atom. The van der Waals surface area contributed by atoms with Crippen molar-refractivity contribution >= 4 is 23.5 Å². The number of aliphatic hydroxyl groups is 1. The number of benzene rings is 2. The molecule has 2 aromatic carbocycles. The molecule has 4 heterocycles. The van der Waals surface area contributed by atoms with Crippen LogP contribution in [0.3, 0.4) is 0 Å². The lowest BCUT2D eigenvalue weighted by atomic mass is 9.58. The molecule has 168 valence electrons. The summed E-state index contributed by atoms with van der Waals surface area (Å²) in [5.74, 6) is -2.85. The van der Waals surface area contributed by atoms with E-state index in [9.17, 15) is 19.5 Å². The molecular formula is C25H22N2O6. The van der Waals surface area contributed by atoms with Crippen LogP contribution in [-0.2, 0) is 23.9 Å². The maximum atomic E-state index is 13.7. The van der Waals surface area contributed by atoms with E-state index < -0.39 is 47.1 Å². The third-order valence-corrected chi connectivity index (χ3v) is 7.65. The first-order valence-corrected chi connectivity index (χ1v) is 10.8. The van der Waals surface area contributed by atoms with Gasteiger partial charge in [-0.25, -0.2) is 4.79 Å². The summed E-state index contributed by atoms with van der Waals surface area (Å²) in [6.07, 6.45) is 0.966. The smallest absolute Gasteiger partial charge is 0.337 e. The van der Waals surface area contributed by atoms with Crippen molar-refractivity contribution in [3.63, 3.8) is 0 Å². The normalized spacial score (nSPS) is 33.5. The van der Waals surface area contributed by atoms with E-state index in [2.05, 4.69) is 0 Å². The van der Waals surface area contributed by atoms with Gasteiger partial charge in [0.05, 0.1) is 30.5 Å². The lowest BCUT2D eigenvalue weighted by Gasteiger charge is -2.65. The van der Waals surface area contributed by atoms with E-state index in [0.29, 0.717) is 17.7 Å². The third-order valence-electron chi connectivity index (χ3n) is 7.65. The summed E-state index contributed by atoms with van der Waals surface area (Å²) in [6, 6.07) is 15.6. The number of ether oxygens (including phenoxy) is 2. The Morgan fingerprint density at radius 3 is 2.42 bits per heavy atom. The van der Waals surface area contributed by atoms with Gasteiger partial charge in [0.25, 0.3) is 0 Å². The number of carbonyl (C=O) groups excluding carboxylic acids is 3. The minimum Gasteiger partial charge on any atom is -0.466 e. The van der Waals surface area contributed by atoms with Crippen molar-refractivity contribution in [2.45, 2.75) is 29.8 Å². The summed E-state index contributed by atoms with van der Waals surface area (Å²) in [5, 5.41) is 11.5. The summed E-state index contributed by atoms with van der Waals surface area (Å²) in [5.41, 5.74) is -0.811. The highest BCUT2D eigenvalue weighted by Gasteiger charge is 2.77. The number of nitrogens with zero attached hydrogens (tertiary/aromatic N) is 2. The van der Waals surface area contributed by atoms with Crippen LogP contribution in [0.2, 0.25) is 0 Å². The van der Waals surface area contributed by atoms with Gasteiger partial charge < -0.3 is 14.6 Å². The molecule has 0 unspecified atom stereocenters. The number of anilines is 1. The number of esters is 1. The van der Waals surface area contributed by atoms with Gasteiger partial charge >= 0.3 is 17.8 Å². The highest BCUT2D eigenvalue weighted by atomic mass is 16.5. The Kier molecular flexibility index (Phi) is 3.98. The Labute approximate surface area is 190 Å². The molecule has 33 heavy (non-hydrogen) atoms. The van der Waals surface area contributed by atoms with Crippen LogP contribution in [-0.4, -0.2) is 53.3 Å². The first-order chi connectivity index (χ1) is 15.9. The molecule has 1 N–H and O–H groups in total. The Hall–Kier alpha value is -3.49. The standard InChI is InChI=1S/C25H22N2O6/c1-32-23(31)17-13-24(33-2)12-16-19(28)15-10-6-7-11-18(15)26-21(29)22(30)27(25(16,17)26)20(24)14-8-4-3-5-9-14/h3-11,13,16,19-20,28H,12H2,1-2H3/t16-,19+,20+,24-,25-/m1/s1. The molecule has 1 spiro atoms. The number of para-hydroxylation sites is 1. The predicted octanol–water partition coefficient (Wildman–Crippen LogP) is 1.86. The minimum atomic E-state index is -1.52. The van der Waals surface area contributed by atoms with Gasteiger partial charge in [0, 0.05) is 18.6 Å². The lowest BCUT2D eigenvalue weighted by molar-refractivity contribution is -0.186. The van der Waals surface area contributed by atoms with Gasteiger partial charge in [0.1, 0.15) is 5.60 Å². The van der Waals surface area contributed by atoms with Crippen LogP contribution < -0.4 is 4.90 Å². The molecule has 0 radical (unpaired) electrons. The largest absolute Gasteiger partial charge is 0.466 e. The monoisotopic (exact) mass is 446 g/mol. The maximum Gasteiger partial charge on any atom is 0.337 e. The van der Waals surface area contributed by atoms with Crippen molar-refractivity contribution in [3.8, 4) is 0 Å². The molecule has 5 atom stereocenters. The van der Waals surface area contributed by atoms with E-state index in [0.717, 1.165) is 5.56 Å². The van der Waals surface area contributed by atoms with E-state index in [-0.39, 0.29) is 5.57 Å². The zero-order valence-electron chi connectivity index (χ0n) is 18.1. The SMILES string of the molecule is COC(=O)C1=C[C@]2(OC)C[C@@H]3[C@@H](O)c4ccccc4N4C(=O)C(=O)N([C@H]2c2ccccc2)[C@@]134. The molecule has 8 heteroatoms. The Bertz CT molecular complexity index is 1240. The van der Waals surface area contributed by atoms with Crippen molar-refractivity contribution in [1.29, 1.82) is 0 Å². The maximum absolute atomic E-state index is 13.7. The molecular weight excluding hydrogens is 424 g/mol. The quantitative estimate of drug-likeness (QED) is 0.571. The number of fused-ring (bicyclic) bond motifs is 2. The van der Waals surface area contributed by atoms with Gasteiger partial charge in [-0.2, -0.15) is 0 Å². The molecule has 2 bridgehead atoms. The fraction of sp³-hybridized carbons (Fsp3) is 0.320. The number of carbonyl (C=O) groups is 3. The molecule has 2 fully saturated rings. The van der Waals surface area contributed by atoms with Crippen LogP contribution in [0.5, 0.6) is 0 Å². The van der Waals surface area contributed by atoms with Gasteiger partial charge in [-0.1, -0.05) is 48.5 Å². The van der Waals surface area contributed by atoms with E-state index in [1.165, 1.54) is 24.0 Å². The van der Waals surface area contributed by atoms with Crippen molar-refractivity contribution in [2.75, 3.05) is 19.1 Å². The second-order valence-corrected chi connectivity index (χ2v) is 8.88. The van der Waals surface area contributed by atoms with Crippen LogP contribution in [0, 0.1) is 5.92 Å².